The van der Waals surface area contributed by atoms with Crippen molar-refractivity contribution in [2.24, 2.45) is 0 Å². The van der Waals surface area contributed by atoms with Crippen LogP contribution in [0.4, 0.5) is 4.79 Å². The minimum absolute atomic E-state index is 0.0555. The zero-order chi connectivity index (χ0) is 20.3. The minimum atomic E-state index is -0.362. The molecule has 8 nitrogen and oxygen atoms in total. The summed E-state index contributed by atoms with van der Waals surface area (Å²) in [6.07, 6.45) is 2.54. The van der Waals surface area contributed by atoms with Gasteiger partial charge in [0.2, 0.25) is 0 Å². The molecule has 1 saturated heterocycles. The van der Waals surface area contributed by atoms with Gasteiger partial charge in [0, 0.05) is 31.2 Å². The average molecular weight is 387 g/mol. The molecule has 1 N–H and O–H groups in total. The minimum Gasteiger partial charge on any atom is -0.453 e. The highest BCUT2D eigenvalue weighted by Gasteiger charge is 2.35. The van der Waals surface area contributed by atoms with Crippen LogP contribution in [0.25, 0.3) is 0 Å². The second-order valence-electron chi connectivity index (χ2n) is 7.08. The van der Waals surface area contributed by atoms with Crippen LogP contribution in [0, 0.1) is 0 Å². The number of methoxy groups -OCH3 is 1. The number of carbonyl (C=O) groups is 4. The summed E-state index contributed by atoms with van der Waals surface area (Å²) >= 11 is 0. The fourth-order valence-electron chi connectivity index (χ4n) is 3.56. The predicted molar refractivity (Wildman–Crippen MR) is 101 cm³/mol. The Hall–Kier alpha value is -2.90. The first-order chi connectivity index (χ1) is 13.5. The van der Waals surface area contributed by atoms with Gasteiger partial charge in [-0.2, -0.15) is 0 Å². The molecule has 0 atom stereocenters. The van der Waals surface area contributed by atoms with E-state index in [-0.39, 0.29) is 35.4 Å². The molecule has 0 saturated carbocycles. The van der Waals surface area contributed by atoms with Crippen molar-refractivity contribution in [1.82, 2.24) is 15.1 Å². The normalized spacial score (nSPS) is 16.9. The molecule has 2 heterocycles. The SMILES string of the molecule is CCCCN1C(=O)c2ccc(C(=O)NC3CCN(C(=O)OC)CC3)cc2C1=O. The number of hydrogen-bond acceptors (Lipinski definition) is 5. The molecule has 0 spiro atoms. The lowest BCUT2D eigenvalue weighted by Gasteiger charge is -2.31. The van der Waals surface area contributed by atoms with E-state index in [9.17, 15) is 19.2 Å². The molecule has 0 bridgehead atoms. The summed E-state index contributed by atoms with van der Waals surface area (Å²) in [6.45, 7) is 3.42. The smallest absolute Gasteiger partial charge is 0.409 e. The first-order valence-electron chi connectivity index (χ1n) is 9.60. The fourth-order valence-corrected chi connectivity index (χ4v) is 3.56. The highest BCUT2D eigenvalue weighted by Crippen LogP contribution is 2.24. The molecule has 8 heteroatoms. The van der Waals surface area contributed by atoms with Gasteiger partial charge in [-0.25, -0.2) is 4.79 Å². The van der Waals surface area contributed by atoms with Crippen molar-refractivity contribution in [3.8, 4) is 0 Å². The Morgan fingerprint density at radius 2 is 1.82 bits per heavy atom. The Morgan fingerprint density at radius 1 is 1.14 bits per heavy atom. The Kier molecular flexibility index (Phi) is 5.96. The number of rotatable bonds is 5. The van der Waals surface area contributed by atoms with Crippen LogP contribution in [-0.4, -0.2) is 66.4 Å². The zero-order valence-corrected chi connectivity index (χ0v) is 16.2. The average Bonchev–Trinajstić information content (AvgIpc) is 2.96. The summed E-state index contributed by atoms with van der Waals surface area (Å²) in [5.41, 5.74) is 0.992. The van der Waals surface area contributed by atoms with E-state index in [4.69, 9.17) is 4.74 Å². The van der Waals surface area contributed by atoms with E-state index in [0.29, 0.717) is 43.6 Å². The van der Waals surface area contributed by atoms with Gasteiger partial charge in [0.25, 0.3) is 17.7 Å². The molecule has 1 aromatic rings. The molecular formula is C20H25N3O5. The maximum absolute atomic E-state index is 12.6. The van der Waals surface area contributed by atoms with Crippen LogP contribution in [0.3, 0.4) is 0 Å². The molecule has 2 aliphatic rings. The molecule has 0 aromatic heterocycles. The van der Waals surface area contributed by atoms with Crippen molar-refractivity contribution in [1.29, 1.82) is 0 Å². The molecule has 0 radical (unpaired) electrons. The van der Waals surface area contributed by atoms with Gasteiger partial charge < -0.3 is 15.0 Å². The second-order valence-corrected chi connectivity index (χ2v) is 7.08. The van der Waals surface area contributed by atoms with Crippen LogP contribution < -0.4 is 5.32 Å². The predicted octanol–water partition coefficient (Wildman–Crippen LogP) is 2.04. The lowest BCUT2D eigenvalue weighted by molar-refractivity contribution is 0.0651. The zero-order valence-electron chi connectivity index (χ0n) is 16.2. The van der Waals surface area contributed by atoms with Gasteiger partial charge in [-0.3, -0.25) is 19.3 Å². The standard InChI is InChI=1S/C20H25N3O5/c1-3-4-9-23-18(25)15-6-5-13(12-16(15)19(23)26)17(24)21-14-7-10-22(11-8-14)20(27)28-2/h5-6,12,14H,3-4,7-11H2,1-2H3,(H,21,24). The number of nitrogens with zero attached hydrogens (tertiary/aromatic N) is 2. The molecule has 1 aromatic carbocycles. The largest absolute Gasteiger partial charge is 0.453 e. The summed E-state index contributed by atoms with van der Waals surface area (Å²) in [6, 6.07) is 4.57. The molecular weight excluding hydrogens is 362 g/mol. The van der Waals surface area contributed by atoms with Gasteiger partial charge in [-0.05, 0) is 37.5 Å². The number of unbranched alkanes of at least 4 members (excludes halogenated alkanes) is 1. The van der Waals surface area contributed by atoms with Gasteiger partial charge >= 0.3 is 6.09 Å². The first-order valence-corrected chi connectivity index (χ1v) is 9.60. The molecule has 3 rings (SSSR count). The monoisotopic (exact) mass is 387 g/mol. The fraction of sp³-hybridized carbons (Fsp3) is 0.500. The molecule has 28 heavy (non-hydrogen) atoms. The van der Waals surface area contributed by atoms with Crippen LogP contribution in [0.15, 0.2) is 18.2 Å². The van der Waals surface area contributed by atoms with E-state index in [1.54, 1.807) is 17.0 Å². The summed E-state index contributed by atoms with van der Waals surface area (Å²) < 4.78 is 4.71. The Balaban J connectivity index is 1.64. The number of imide groups is 1. The van der Waals surface area contributed by atoms with Crippen molar-refractivity contribution in [3.63, 3.8) is 0 Å². The lowest BCUT2D eigenvalue weighted by Crippen LogP contribution is -2.46. The van der Waals surface area contributed by atoms with Gasteiger partial charge in [0.1, 0.15) is 0 Å². The Morgan fingerprint density at radius 3 is 2.46 bits per heavy atom. The quantitative estimate of drug-likeness (QED) is 0.780. The van der Waals surface area contributed by atoms with Crippen LogP contribution in [0.2, 0.25) is 0 Å². The van der Waals surface area contributed by atoms with Crippen LogP contribution in [0.5, 0.6) is 0 Å². The van der Waals surface area contributed by atoms with Crippen molar-refractivity contribution in [2.75, 3.05) is 26.7 Å². The number of ether oxygens (including phenoxy) is 1. The number of piperidine rings is 1. The molecule has 150 valence electrons. The highest BCUT2D eigenvalue weighted by atomic mass is 16.5. The maximum Gasteiger partial charge on any atom is 0.409 e. The number of fused-ring (bicyclic) bond motifs is 1. The van der Waals surface area contributed by atoms with E-state index < -0.39 is 0 Å². The highest BCUT2D eigenvalue weighted by molar-refractivity contribution is 6.22. The summed E-state index contributed by atoms with van der Waals surface area (Å²) in [5.74, 6) is -0.920. The third kappa shape index (κ3) is 3.85. The third-order valence-corrected chi connectivity index (χ3v) is 5.23. The van der Waals surface area contributed by atoms with Gasteiger partial charge in [0.05, 0.1) is 18.2 Å². The van der Waals surface area contributed by atoms with Crippen molar-refractivity contribution >= 4 is 23.8 Å². The second kappa shape index (κ2) is 8.41. The number of benzene rings is 1. The maximum atomic E-state index is 12.6. The number of carbonyl (C=O) groups excluding carboxylic acids is 4. The molecule has 2 aliphatic heterocycles. The lowest BCUT2D eigenvalue weighted by atomic mass is 10.0. The van der Waals surface area contributed by atoms with Gasteiger partial charge in [0.15, 0.2) is 0 Å². The summed E-state index contributed by atoms with van der Waals surface area (Å²) in [7, 11) is 1.35. The Bertz CT molecular complexity index is 799. The van der Waals surface area contributed by atoms with Crippen molar-refractivity contribution < 1.29 is 23.9 Å². The van der Waals surface area contributed by atoms with E-state index in [1.165, 1.54) is 18.1 Å². The van der Waals surface area contributed by atoms with Crippen molar-refractivity contribution in [3.05, 3.63) is 34.9 Å². The number of nitrogens with one attached hydrogen (secondary N) is 1. The number of hydrogen-bond donors (Lipinski definition) is 1. The molecule has 0 unspecified atom stereocenters. The summed E-state index contributed by atoms with van der Waals surface area (Å²) in [5, 5.41) is 2.95. The van der Waals surface area contributed by atoms with Crippen LogP contribution in [0.1, 0.15) is 63.7 Å². The van der Waals surface area contributed by atoms with E-state index >= 15 is 0 Å². The van der Waals surface area contributed by atoms with Crippen LogP contribution >= 0.6 is 0 Å². The Labute approximate surface area is 163 Å². The van der Waals surface area contributed by atoms with E-state index in [0.717, 1.165) is 12.8 Å². The van der Waals surface area contributed by atoms with Gasteiger partial charge in [-0.15, -0.1) is 0 Å². The summed E-state index contributed by atoms with van der Waals surface area (Å²) in [4.78, 5) is 51.9. The van der Waals surface area contributed by atoms with Gasteiger partial charge in [-0.1, -0.05) is 13.3 Å². The van der Waals surface area contributed by atoms with Crippen molar-refractivity contribution in [2.45, 2.75) is 38.6 Å². The number of amides is 4. The van der Waals surface area contributed by atoms with E-state index in [2.05, 4.69) is 5.32 Å². The third-order valence-electron chi connectivity index (χ3n) is 5.23. The molecule has 0 aliphatic carbocycles. The first kappa shape index (κ1) is 19.9. The van der Waals surface area contributed by atoms with E-state index in [1.807, 2.05) is 6.92 Å². The molecule has 1 fully saturated rings. The number of likely N-dealkylation sites (tertiary alicyclic amines) is 1. The molecule has 4 amide bonds. The topological polar surface area (TPSA) is 96.0 Å². The van der Waals surface area contributed by atoms with Crippen LogP contribution in [-0.2, 0) is 4.74 Å².